The van der Waals surface area contributed by atoms with Gasteiger partial charge in [0.1, 0.15) is 0 Å². The van der Waals surface area contributed by atoms with Crippen LogP contribution in [0.1, 0.15) is 35.2 Å². The number of hydrogen-bond acceptors (Lipinski definition) is 3. The van der Waals surface area contributed by atoms with E-state index in [2.05, 4.69) is 62.3 Å². The normalized spacial score (nSPS) is 15.2. The van der Waals surface area contributed by atoms with Gasteiger partial charge in [0.05, 0.1) is 5.69 Å². The second-order valence-electron chi connectivity index (χ2n) is 8.53. The maximum Gasteiger partial charge on any atom is 0.255 e. The first-order valence-corrected chi connectivity index (χ1v) is 11.4. The summed E-state index contributed by atoms with van der Waals surface area (Å²) in [5, 5.41) is 0. The van der Waals surface area contributed by atoms with Gasteiger partial charge in [-0.25, -0.2) is 4.98 Å². The van der Waals surface area contributed by atoms with Gasteiger partial charge in [-0.2, -0.15) is 4.99 Å². The minimum Gasteiger partial charge on any atom is -0.369 e. The van der Waals surface area contributed by atoms with Crippen molar-refractivity contribution in [1.29, 1.82) is 0 Å². The molecule has 1 aliphatic rings. The standard InChI is InChI=1S/C26H31N5O/c1-19-23(13-12-20-8-4-2-5-9-20)24(32)29-26(28-19)30-25(27)31-16-14-22(15-17-31)18-21-10-6-3-7-11-21/h2-11,22H,12-18H2,1H3,(H3,27,28,29,30,32). The lowest BCUT2D eigenvalue weighted by atomic mass is 9.90. The van der Waals surface area contributed by atoms with Crippen LogP contribution in [0, 0.1) is 12.8 Å². The molecule has 3 N–H and O–H groups in total. The van der Waals surface area contributed by atoms with Crippen LogP contribution in [0.5, 0.6) is 0 Å². The third-order valence-corrected chi connectivity index (χ3v) is 6.24. The Morgan fingerprint density at radius 2 is 1.66 bits per heavy atom. The summed E-state index contributed by atoms with van der Waals surface area (Å²) in [6, 6.07) is 20.8. The molecule has 6 nitrogen and oxygen atoms in total. The molecule has 0 unspecified atom stereocenters. The van der Waals surface area contributed by atoms with E-state index in [4.69, 9.17) is 5.73 Å². The van der Waals surface area contributed by atoms with E-state index < -0.39 is 0 Å². The number of H-pyrrole nitrogens is 1. The monoisotopic (exact) mass is 429 g/mol. The molecule has 6 heteroatoms. The molecule has 1 fully saturated rings. The molecule has 0 saturated carbocycles. The van der Waals surface area contributed by atoms with E-state index in [-0.39, 0.29) is 11.5 Å². The predicted octanol–water partition coefficient (Wildman–Crippen LogP) is 3.76. The first-order chi connectivity index (χ1) is 15.6. The number of piperidine rings is 1. The topological polar surface area (TPSA) is 87.4 Å². The number of nitrogens with one attached hydrogen (secondary N) is 1. The van der Waals surface area contributed by atoms with Crippen molar-refractivity contribution in [3.05, 3.63) is 93.4 Å². The quantitative estimate of drug-likeness (QED) is 0.461. The fourth-order valence-electron chi connectivity index (χ4n) is 4.35. The van der Waals surface area contributed by atoms with Gasteiger partial charge in [0.25, 0.3) is 5.56 Å². The molecule has 0 atom stereocenters. The second-order valence-corrected chi connectivity index (χ2v) is 8.53. The Hall–Kier alpha value is -3.41. The molecule has 0 amide bonds. The average molecular weight is 430 g/mol. The molecule has 0 bridgehead atoms. The summed E-state index contributed by atoms with van der Waals surface area (Å²) >= 11 is 0. The highest BCUT2D eigenvalue weighted by atomic mass is 16.1. The maximum absolute atomic E-state index is 12.6. The second kappa shape index (κ2) is 10.3. The zero-order valence-electron chi connectivity index (χ0n) is 18.6. The van der Waals surface area contributed by atoms with Gasteiger partial charge in [-0.3, -0.25) is 9.78 Å². The van der Waals surface area contributed by atoms with Gasteiger partial charge in [0.2, 0.25) is 5.95 Å². The number of guanidine groups is 1. The van der Waals surface area contributed by atoms with Crippen LogP contribution in [0.3, 0.4) is 0 Å². The molecule has 0 radical (unpaired) electrons. The van der Waals surface area contributed by atoms with Crippen molar-refractivity contribution in [2.45, 2.75) is 39.0 Å². The SMILES string of the molecule is Cc1nc(/N=C(\N)N2CCC(Cc3ccccc3)CC2)[nH]c(=O)c1CCc1ccccc1. The zero-order chi connectivity index (χ0) is 22.3. The van der Waals surface area contributed by atoms with Gasteiger partial charge in [-0.05, 0) is 56.1 Å². The van der Waals surface area contributed by atoms with Gasteiger partial charge in [0.15, 0.2) is 5.96 Å². The van der Waals surface area contributed by atoms with E-state index in [1.165, 1.54) is 11.1 Å². The van der Waals surface area contributed by atoms with E-state index in [0.717, 1.165) is 38.8 Å². The summed E-state index contributed by atoms with van der Waals surface area (Å²) in [4.78, 5) is 26.5. The molecule has 4 rings (SSSR count). The lowest BCUT2D eigenvalue weighted by Crippen LogP contribution is -2.43. The van der Waals surface area contributed by atoms with Crippen molar-refractivity contribution in [2.24, 2.45) is 16.6 Å². The number of rotatable bonds is 6. The molecule has 0 aliphatic carbocycles. The third kappa shape index (κ3) is 5.63. The Morgan fingerprint density at radius 1 is 1.03 bits per heavy atom. The summed E-state index contributed by atoms with van der Waals surface area (Å²) < 4.78 is 0. The molecular formula is C26H31N5O. The Kier molecular flexibility index (Phi) is 7.00. The number of aromatic nitrogens is 2. The summed E-state index contributed by atoms with van der Waals surface area (Å²) in [5.74, 6) is 1.35. The van der Waals surface area contributed by atoms with E-state index >= 15 is 0 Å². The van der Waals surface area contributed by atoms with Gasteiger partial charge >= 0.3 is 0 Å². The van der Waals surface area contributed by atoms with Crippen molar-refractivity contribution in [3.8, 4) is 0 Å². The van der Waals surface area contributed by atoms with Crippen LogP contribution in [0.4, 0.5) is 5.95 Å². The van der Waals surface area contributed by atoms with Crippen molar-refractivity contribution in [2.75, 3.05) is 13.1 Å². The largest absolute Gasteiger partial charge is 0.369 e. The minimum atomic E-state index is -0.137. The number of aryl methyl sites for hydroxylation is 2. The van der Waals surface area contributed by atoms with E-state index in [9.17, 15) is 4.79 Å². The highest BCUT2D eigenvalue weighted by Gasteiger charge is 2.21. The molecule has 3 aromatic rings. The first-order valence-electron chi connectivity index (χ1n) is 11.4. The lowest BCUT2D eigenvalue weighted by Gasteiger charge is -2.32. The molecule has 1 saturated heterocycles. The number of likely N-dealkylation sites (tertiary alicyclic amines) is 1. The van der Waals surface area contributed by atoms with Crippen LogP contribution in [0.25, 0.3) is 0 Å². The van der Waals surface area contributed by atoms with Crippen molar-refractivity contribution >= 4 is 11.9 Å². The van der Waals surface area contributed by atoms with Crippen LogP contribution in [0.15, 0.2) is 70.5 Å². The third-order valence-electron chi connectivity index (χ3n) is 6.24. The number of benzene rings is 2. The molecule has 1 aromatic heterocycles. The summed E-state index contributed by atoms with van der Waals surface area (Å²) in [7, 11) is 0. The molecule has 32 heavy (non-hydrogen) atoms. The molecule has 166 valence electrons. The maximum atomic E-state index is 12.6. The van der Waals surface area contributed by atoms with E-state index in [1.807, 2.05) is 25.1 Å². The Balaban J connectivity index is 1.36. The number of hydrogen-bond donors (Lipinski definition) is 2. The fraction of sp³-hybridized carbons (Fsp3) is 0.346. The fourth-order valence-corrected chi connectivity index (χ4v) is 4.35. The molecular weight excluding hydrogens is 398 g/mol. The summed E-state index contributed by atoms with van der Waals surface area (Å²) in [6.07, 6.45) is 4.70. The minimum absolute atomic E-state index is 0.137. The Bertz CT molecular complexity index is 1100. The number of nitrogens with zero attached hydrogens (tertiary/aromatic N) is 3. The predicted molar refractivity (Wildman–Crippen MR) is 129 cm³/mol. The van der Waals surface area contributed by atoms with Crippen molar-refractivity contribution in [3.63, 3.8) is 0 Å². The Labute approximate surface area is 189 Å². The smallest absolute Gasteiger partial charge is 0.255 e. The highest BCUT2D eigenvalue weighted by Crippen LogP contribution is 2.22. The van der Waals surface area contributed by atoms with Gasteiger partial charge in [0, 0.05) is 18.7 Å². The van der Waals surface area contributed by atoms with Crippen LogP contribution in [-0.2, 0) is 19.3 Å². The van der Waals surface area contributed by atoms with Gasteiger partial charge < -0.3 is 10.6 Å². The number of aliphatic imine (C=N–C) groups is 1. The molecule has 2 heterocycles. The van der Waals surface area contributed by atoms with Crippen LogP contribution in [0.2, 0.25) is 0 Å². The van der Waals surface area contributed by atoms with Crippen molar-refractivity contribution < 1.29 is 0 Å². The number of nitrogens with two attached hydrogens (primary N) is 1. The van der Waals surface area contributed by atoms with Gasteiger partial charge in [-0.15, -0.1) is 0 Å². The van der Waals surface area contributed by atoms with Crippen LogP contribution in [-0.4, -0.2) is 33.9 Å². The molecule has 2 aromatic carbocycles. The summed E-state index contributed by atoms with van der Waals surface area (Å²) in [5.41, 5.74) is 10.1. The number of aromatic amines is 1. The Morgan fingerprint density at radius 3 is 2.28 bits per heavy atom. The van der Waals surface area contributed by atoms with Crippen LogP contribution < -0.4 is 11.3 Å². The van der Waals surface area contributed by atoms with E-state index in [1.54, 1.807) is 0 Å². The molecule has 1 aliphatic heterocycles. The van der Waals surface area contributed by atoms with Crippen molar-refractivity contribution in [1.82, 2.24) is 14.9 Å². The first kappa shape index (κ1) is 21.8. The lowest BCUT2D eigenvalue weighted by molar-refractivity contribution is 0.263. The van der Waals surface area contributed by atoms with Crippen LogP contribution >= 0.6 is 0 Å². The average Bonchev–Trinajstić information content (AvgIpc) is 2.80. The zero-order valence-corrected chi connectivity index (χ0v) is 18.6. The summed E-state index contributed by atoms with van der Waals surface area (Å²) in [6.45, 7) is 3.59. The van der Waals surface area contributed by atoms with Gasteiger partial charge in [-0.1, -0.05) is 60.7 Å². The molecule has 0 spiro atoms. The van der Waals surface area contributed by atoms with E-state index in [0.29, 0.717) is 29.6 Å². The highest BCUT2D eigenvalue weighted by molar-refractivity contribution is 5.80.